The van der Waals surface area contributed by atoms with Gasteiger partial charge in [0, 0.05) is 22.4 Å². The van der Waals surface area contributed by atoms with Crippen LogP contribution >= 0.6 is 11.8 Å². The van der Waals surface area contributed by atoms with Crippen LogP contribution in [0.4, 0.5) is 5.69 Å². The number of likely N-dealkylation sites (tertiary alicyclic amines) is 1. The first-order chi connectivity index (χ1) is 9.94. The van der Waals surface area contributed by atoms with Crippen molar-refractivity contribution in [3.8, 4) is 0 Å². The molecule has 0 unspecified atom stereocenters. The third kappa shape index (κ3) is 5.86. The van der Waals surface area contributed by atoms with E-state index in [9.17, 15) is 8.42 Å². The molecule has 118 valence electrons. The number of thioether (sulfide) groups is 1. The summed E-state index contributed by atoms with van der Waals surface area (Å²) in [5, 5.41) is 0. The van der Waals surface area contributed by atoms with E-state index in [4.69, 9.17) is 5.73 Å². The van der Waals surface area contributed by atoms with Crippen LogP contribution in [0.5, 0.6) is 0 Å². The fourth-order valence-electron chi connectivity index (χ4n) is 2.27. The third-order valence-electron chi connectivity index (χ3n) is 3.57. The Labute approximate surface area is 131 Å². The fourth-order valence-corrected chi connectivity index (χ4v) is 4.91. The smallest absolute Gasteiger partial charge is 0.212 e. The van der Waals surface area contributed by atoms with E-state index in [1.165, 1.54) is 11.8 Å². The molecule has 0 aliphatic carbocycles. The zero-order chi connectivity index (χ0) is 15.3. The van der Waals surface area contributed by atoms with Gasteiger partial charge in [-0.2, -0.15) is 0 Å². The van der Waals surface area contributed by atoms with E-state index in [1.54, 1.807) is 0 Å². The number of hydrogen-bond donors (Lipinski definition) is 2. The van der Waals surface area contributed by atoms with Crippen molar-refractivity contribution in [3.63, 3.8) is 0 Å². The molecule has 3 N–H and O–H groups in total. The maximum atomic E-state index is 12.1. The Morgan fingerprint density at radius 2 is 1.90 bits per heavy atom. The zero-order valence-electron chi connectivity index (χ0n) is 12.3. The Morgan fingerprint density at radius 3 is 2.52 bits per heavy atom. The van der Waals surface area contributed by atoms with Crippen molar-refractivity contribution in [3.05, 3.63) is 24.3 Å². The van der Waals surface area contributed by atoms with Crippen molar-refractivity contribution in [1.82, 2.24) is 9.62 Å². The van der Waals surface area contributed by atoms with E-state index < -0.39 is 10.0 Å². The van der Waals surface area contributed by atoms with Crippen LogP contribution in [0.15, 0.2) is 29.2 Å². The molecule has 5 nitrogen and oxygen atoms in total. The highest BCUT2D eigenvalue weighted by molar-refractivity contribution is 8.00. The molecule has 1 aromatic rings. The van der Waals surface area contributed by atoms with Crippen molar-refractivity contribution in [2.75, 3.05) is 37.4 Å². The van der Waals surface area contributed by atoms with Crippen LogP contribution in [-0.2, 0) is 10.0 Å². The lowest BCUT2D eigenvalue weighted by Gasteiger charge is -2.29. The molecule has 0 spiro atoms. The van der Waals surface area contributed by atoms with Gasteiger partial charge < -0.3 is 10.6 Å². The average Bonchev–Trinajstić information content (AvgIpc) is 2.43. The number of rotatable bonds is 6. The van der Waals surface area contributed by atoms with Gasteiger partial charge in [0.05, 0.1) is 5.75 Å². The fraction of sp³-hybridized carbons (Fsp3) is 0.571. The molecule has 1 saturated heterocycles. The second-order valence-corrected chi connectivity index (χ2v) is 8.47. The van der Waals surface area contributed by atoms with Gasteiger partial charge in [-0.1, -0.05) is 0 Å². The molecule has 0 bridgehead atoms. The van der Waals surface area contributed by atoms with E-state index >= 15 is 0 Å². The molecule has 1 heterocycles. The lowest BCUT2D eigenvalue weighted by atomic mass is 10.1. The van der Waals surface area contributed by atoms with Gasteiger partial charge in [-0.3, -0.25) is 0 Å². The summed E-state index contributed by atoms with van der Waals surface area (Å²) in [7, 11) is -1.13. The molecular weight excluding hydrogens is 306 g/mol. The molecule has 7 heteroatoms. The maximum Gasteiger partial charge on any atom is 0.212 e. The first-order valence-corrected chi connectivity index (χ1v) is 9.75. The van der Waals surface area contributed by atoms with Crippen LogP contribution in [0.2, 0.25) is 0 Å². The first-order valence-electron chi connectivity index (χ1n) is 7.11. The van der Waals surface area contributed by atoms with Crippen LogP contribution in [0.3, 0.4) is 0 Å². The Kier molecular flexibility index (Phi) is 5.92. The highest BCUT2D eigenvalue weighted by atomic mass is 32.2. The van der Waals surface area contributed by atoms with E-state index in [0.29, 0.717) is 5.75 Å². The third-order valence-corrected chi connectivity index (χ3v) is 6.27. The molecule has 21 heavy (non-hydrogen) atoms. The summed E-state index contributed by atoms with van der Waals surface area (Å²) in [5.74, 6) is 0.695. The number of sulfonamides is 1. The van der Waals surface area contributed by atoms with Gasteiger partial charge in [0.1, 0.15) is 0 Å². The van der Waals surface area contributed by atoms with Gasteiger partial charge in [0.15, 0.2) is 0 Å². The number of benzene rings is 1. The predicted molar refractivity (Wildman–Crippen MR) is 89.0 cm³/mol. The van der Waals surface area contributed by atoms with Crippen LogP contribution in [0.1, 0.15) is 12.8 Å². The SMILES string of the molecule is CN1CCC(NS(=O)(=O)CCSc2ccc(N)cc2)CC1. The number of piperidine rings is 1. The van der Waals surface area contributed by atoms with Crippen LogP contribution in [0, 0.1) is 0 Å². The van der Waals surface area contributed by atoms with Crippen LogP contribution in [0.25, 0.3) is 0 Å². The first kappa shape index (κ1) is 16.6. The van der Waals surface area contributed by atoms with E-state index in [2.05, 4.69) is 16.7 Å². The molecule has 2 rings (SSSR count). The number of nitrogens with one attached hydrogen (secondary N) is 1. The van der Waals surface area contributed by atoms with Crippen LogP contribution < -0.4 is 10.5 Å². The summed E-state index contributed by atoms with van der Waals surface area (Å²) in [4.78, 5) is 3.26. The van der Waals surface area contributed by atoms with Crippen molar-refractivity contribution < 1.29 is 8.42 Å². The number of hydrogen-bond acceptors (Lipinski definition) is 5. The van der Waals surface area contributed by atoms with Crippen molar-refractivity contribution in [1.29, 1.82) is 0 Å². The summed E-state index contributed by atoms with van der Waals surface area (Å²) in [6, 6.07) is 7.57. The number of nitrogens with zero attached hydrogens (tertiary/aromatic N) is 1. The van der Waals surface area contributed by atoms with Crippen molar-refractivity contribution in [2.24, 2.45) is 0 Å². The van der Waals surface area contributed by atoms with Crippen molar-refractivity contribution in [2.45, 2.75) is 23.8 Å². The van der Waals surface area contributed by atoms with E-state index in [1.807, 2.05) is 24.3 Å². The molecule has 0 saturated carbocycles. The summed E-state index contributed by atoms with van der Waals surface area (Å²) >= 11 is 1.54. The molecule has 1 fully saturated rings. The number of nitrogens with two attached hydrogens (primary N) is 1. The average molecular weight is 329 g/mol. The molecule has 0 radical (unpaired) electrons. The minimum Gasteiger partial charge on any atom is -0.399 e. The Bertz CT molecular complexity index is 538. The lowest BCUT2D eigenvalue weighted by Crippen LogP contribution is -2.44. The minimum absolute atomic E-state index is 0.0905. The van der Waals surface area contributed by atoms with Gasteiger partial charge >= 0.3 is 0 Å². The number of nitrogen functional groups attached to an aromatic ring is 1. The molecule has 0 atom stereocenters. The highest BCUT2D eigenvalue weighted by Crippen LogP contribution is 2.19. The summed E-state index contributed by atoms with van der Waals surface area (Å²) in [6.07, 6.45) is 1.78. The van der Waals surface area contributed by atoms with E-state index in [0.717, 1.165) is 36.5 Å². The highest BCUT2D eigenvalue weighted by Gasteiger charge is 2.21. The van der Waals surface area contributed by atoms with Gasteiger partial charge in [-0.05, 0) is 57.2 Å². The standard InChI is InChI=1S/C14H23N3O2S2/c1-17-8-6-13(7-9-17)16-21(18,19)11-10-20-14-4-2-12(15)3-5-14/h2-5,13,16H,6-11,15H2,1H3. The van der Waals surface area contributed by atoms with Gasteiger partial charge in [-0.15, -0.1) is 11.8 Å². The van der Waals surface area contributed by atoms with Gasteiger partial charge in [0.2, 0.25) is 10.0 Å². The molecular formula is C14H23N3O2S2. The minimum atomic E-state index is -3.19. The Hall–Kier alpha value is -0.760. The summed E-state index contributed by atoms with van der Waals surface area (Å²) in [5.41, 5.74) is 6.34. The molecule has 1 aromatic carbocycles. The van der Waals surface area contributed by atoms with Crippen LogP contribution in [-0.4, -0.2) is 51.0 Å². The number of anilines is 1. The molecule has 0 amide bonds. The Balaban J connectivity index is 1.74. The normalized spacial score (nSPS) is 18.0. The lowest BCUT2D eigenvalue weighted by molar-refractivity contribution is 0.248. The monoisotopic (exact) mass is 329 g/mol. The summed E-state index contributed by atoms with van der Waals surface area (Å²) < 4.78 is 27.0. The second-order valence-electron chi connectivity index (χ2n) is 5.43. The van der Waals surface area contributed by atoms with Crippen molar-refractivity contribution >= 4 is 27.5 Å². The quantitative estimate of drug-likeness (QED) is 0.609. The molecule has 1 aliphatic rings. The Morgan fingerprint density at radius 1 is 1.29 bits per heavy atom. The topological polar surface area (TPSA) is 75.4 Å². The largest absolute Gasteiger partial charge is 0.399 e. The van der Waals surface area contributed by atoms with E-state index in [-0.39, 0.29) is 11.8 Å². The molecule has 1 aliphatic heterocycles. The van der Waals surface area contributed by atoms with Gasteiger partial charge in [0.25, 0.3) is 0 Å². The van der Waals surface area contributed by atoms with Gasteiger partial charge in [-0.25, -0.2) is 13.1 Å². The molecule has 0 aromatic heterocycles. The zero-order valence-corrected chi connectivity index (χ0v) is 13.9. The maximum absolute atomic E-state index is 12.1. The predicted octanol–water partition coefficient (Wildman–Crippen LogP) is 1.37. The summed E-state index contributed by atoms with van der Waals surface area (Å²) in [6.45, 7) is 1.90. The second kappa shape index (κ2) is 7.49.